The molecular weight excluding hydrogens is 769 g/mol. The lowest BCUT2D eigenvalue weighted by Crippen LogP contribution is -2.28. The lowest BCUT2D eigenvalue weighted by Gasteiger charge is -2.22. The van der Waals surface area contributed by atoms with Crippen molar-refractivity contribution in [2.45, 2.75) is 281 Å². The van der Waals surface area contributed by atoms with Crippen LogP contribution in [0.3, 0.4) is 0 Å². The molecule has 0 aromatic rings. The molecule has 0 aliphatic heterocycles. The van der Waals surface area contributed by atoms with Gasteiger partial charge in [-0.15, -0.1) is 0 Å². The van der Waals surface area contributed by atoms with Gasteiger partial charge in [0.05, 0.1) is 36.6 Å². The van der Waals surface area contributed by atoms with Crippen LogP contribution in [-0.2, 0) is 0 Å². The van der Waals surface area contributed by atoms with Gasteiger partial charge in [0, 0.05) is 26.4 Å². The van der Waals surface area contributed by atoms with E-state index in [9.17, 15) is 0 Å². The first-order chi connectivity index (χ1) is 29.0. The third kappa shape index (κ3) is 55.5. The minimum Gasteiger partial charge on any atom is -0.396 e. The smallest absolute Gasteiger partial charge is 0.151 e. The van der Waals surface area contributed by atoms with Crippen molar-refractivity contribution in [2.24, 2.45) is 0 Å². The summed E-state index contributed by atoms with van der Waals surface area (Å²) < 4.78 is 0. The van der Waals surface area contributed by atoms with Gasteiger partial charge >= 0.3 is 0 Å². The van der Waals surface area contributed by atoms with E-state index in [0.29, 0.717) is 39.3 Å². The fourth-order valence-electron chi connectivity index (χ4n) is 7.14. The van der Waals surface area contributed by atoms with E-state index in [0.717, 1.165) is 122 Å². The predicted molar refractivity (Wildman–Crippen MR) is 244 cm³/mol. The Kier molecular flexibility index (Phi) is 56.2. The van der Waals surface area contributed by atoms with Crippen molar-refractivity contribution >= 4 is 0 Å². The topological polar surface area (TPSA) is 243 Å². The van der Waals surface area contributed by atoms with Gasteiger partial charge in [0.25, 0.3) is 0 Å². The van der Waals surface area contributed by atoms with Crippen molar-refractivity contribution in [3.05, 3.63) is 0 Å². The quantitative estimate of drug-likeness (QED) is 0.0299. The Morgan fingerprint density at radius 1 is 0.333 bits per heavy atom. The molecule has 0 amide bonds. The van der Waals surface area contributed by atoms with Crippen LogP contribution < -0.4 is 0 Å². The summed E-state index contributed by atoms with van der Waals surface area (Å²) in [6, 6.07) is 0. The zero-order valence-electron chi connectivity index (χ0n) is 38.7. The fourth-order valence-corrected chi connectivity index (χ4v) is 7.14. The minimum absolute atomic E-state index is 0.140. The maximum atomic E-state index is 8.93. The van der Waals surface area contributed by atoms with Gasteiger partial charge in [-0.3, -0.25) is 0 Å². The second kappa shape index (κ2) is 52.9. The highest BCUT2D eigenvalue weighted by Crippen LogP contribution is 2.19. The van der Waals surface area contributed by atoms with Crippen LogP contribution in [0.2, 0.25) is 0 Å². The Bertz CT molecular complexity index is 707. The number of aliphatic hydroxyl groups excluding tert-OH is 11. The number of hydrogen-bond acceptors (Lipinski definition) is 12. The molecule has 0 radical (unpaired) electrons. The summed E-state index contributed by atoms with van der Waals surface area (Å²) in [5, 5.41) is 105. The van der Waals surface area contributed by atoms with Gasteiger partial charge in [-0.05, 0) is 103 Å². The van der Waals surface area contributed by atoms with Gasteiger partial charge in [-0.25, -0.2) is 0 Å². The third-order valence-corrected chi connectivity index (χ3v) is 11.2. The molecule has 4 unspecified atom stereocenters. The second-order valence-electron chi connectivity index (χ2n) is 17.3. The van der Waals surface area contributed by atoms with Crippen molar-refractivity contribution in [3.63, 3.8) is 0 Å². The van der Waals surface area contributed by atoms with E-state index in [4.69, 9.17) is 61.3 Å². The van der Waals surface area contributed by atoms with Crippen LogP contribution in [0.15, 0.2) is 0 Å². The molecule has 0 saturated heterocycles. The van der Waals surface area contributed by atoms with Gasteiger partial charge in [0.1, 0.15) is 0 Å². The number of unbranched alkanes of at least 4 members (excludes halogenated alkanes) is 20. The van der Waals surface area contributed by atoms with Crippen molar-refractivity contribution in [2.75, 3.05) is 26.4 Å². The van der Waals surface area contributed by atoms with Gasteiger partial charge in [0.15, 0.2) is 6.29 Å². The van der Waals surface area contributed by atoms with Gasteiger partial charge in [-0.1, -0.05) is 135 Å². The van der Waals surface area contributed by atoms with Crippen LogP contribution in [0, 0.1) is 0 Å². The lowest BCUT2D eigenvalue weighted by molar-refractivity contribution is -0.0466. The van der Waals surface area contributed by atoms with Gasteiger partial charge < -0.3 is 61.3 Å². The van der Waals surface area contributed by atoms with Crippen molar-refractivity contribution < 1.29 is 61.3 Å². The maximum absolute atomic E-state index is 8.93. The molecule has 12 N–H and O–H groups in total. The van der Waals surface area contributed by atoms with Gasteiger partial charge in [0.2, 0.25) is 0 Å². The van der Waals surface area contributed by atoms with Crippen LogP contribution in [-0.4, -0.2) is 131 Å². The summed E-state index contributed by atoms with van der Waals surface area (Å²) in [5.41, 5.74) is 0. The summed E-state index contributed by atoms with van der Waals surface area (Å²) in [4.78, 5) is 0. The summed E-state index contributed by atoms with van der Waals surface area (Å²) >= 11 is 0. The molecule has 0 aromatic carbocycles. The largest absolute Gasteiger partial charge is 0.396 e. The molecular formula is C48H102O12. The molecule has 3 aliphatic carbocycles. The van der Waals surface area contributed by atoms with E-state index in [1.807, 2.05) is 0 Å². The molecule has 4 atom stereocenters. The highest BCUT2D eigenvalue weighted by molar-refractivity contribution is 4.72. The summed E-state index contributed by atoms with van der Waals surface area (Å²) in [7, 11) is 0. The van der Waals surface area contributed by atoms with Crippen LogP contribution in [0.5, 0.6) is 0 Å². The summed E-state index contributed by atoms with van der Waals surface area (Å²) in [6.07, 6.45) is 35.2. The van der Waals surface area contributed by atoms with E-state index in [-0.39, 0.29) is 24.4 Å². The van der Waals surface area contributed by atoms with E-state index < -0.39 is 18.5 Å². The number of rotatable bonds is 26. The van der Waals surface area contributed by atoms with Crippen LogP contribution >= 0.6 is 0 Å². The monoisotopic (exact) mass is 871 g/mol. The average molecular weight is 871 g/mol. The molecule has 60 heavy (non-hydrogen) atoms. The molecule has 12 nitrogen and oxygen atoms in total. The highest BCUT2D eigenvalue weighted by atomic mass is 16.5. The molecule has 0 aromatic heterocycles. The van der Waals surface area contributed by atoms with Crippen molar-refractivity contribution in [1.29, 1.82) is 0 Å². The van der Waals surface area contributed by atoms with Crippen LogP contribution in [0.1, 0.15) is 238 Å². The first-order valence-electron chi connectivity index (χ1n) is 24.9. The Morgan fingerprint density at radius 3 is 0.850 bits per heavy atom. The van der Waals surface area contributed by atoms with Crippen molar-refractivity contribution in [3.8, 4) is 0 Å². The Morgan fingerprint density at radius 2 is 0.617 bits per heavy atom. The second-order valence-corrected chi connectivity index (χ2v) is 17.3. The Labute approximate surface area is 367 Å². The van der Waals surface area contributed by atoms with E-state index in [2.05, 4.69) is 6.92 Å². The van der Waals surface area contributed by atoms with E-state index in [1.165, 1.54) is 96.3 Å². The molecule has 3 saturated carbocycles. The third-order valence-electron chi connectivity index (χ3n) is 11.2. The molecule has 0 heterocycles. The summed E-state index contributed by atoms with van der Waals surface area (Å²) in [5.74, 6) is 0. The zero-order valence-corrected chi connectivity index (χ0v) is 38.7. The van der Waals surface area contributed by atoms with Crippen LogP contribution in [0.4, 0.5) is 0 Å². The molecule has 3 fully saturated rings. The van der Waals surface area contributed by atoms with Crippen molar-refractivity contribution in [1.82, 2.24) is 0 Å². The number of hydrogen-bond donors (Lipinski definition) is 12. The van der Waals surface area contributed by atoms with E-state index in [1.54, 1.807) is 0 Å². The Balaban J connectivity index is -0.000000657. The Hall–Kier alpha value is -0.480. The van der Waals surface area contributed by atoms with Crippen LogP contribution in [0.25, 0.3) is 0 Å². The summed E-state index contributed by atoms with van der Waals surface area (Å²) in [6.45, 7) is 3.54. The molecule has 0 bridgehead atoms. The van der Waals surface area contributed by atoms with E-state index >= 15 is 0 Å². The fraction of sp³-hybridized carbons (Fsp3) is 1.00. The predicted octanol–water partition coefficient (Wildman–Crippen LogP) is 7.47. The van der Waals surface area contributed by atoms with Gasteiger partial charge in [-0.2, -0.15) is 0 Å². The minimum atomic E-state index is -1.10. The zero-order chi connectivity index (χ0) is 45.3. The maximum Gasteiger partial charge on any atom is 0.151 e. The number of aliphatic hydroxyl groups is 12. The average Bonchev–Trinajstić information content (AvgIpc) is 3.23. The molecule has 12 heteroatoms. The lowest BCUT2D eigenvalue weighted by atomic mass is 9.95. The normalized spacial score (nSPS) is 22.3. The molecule has 366 valence electrons. The highest BCUT2D eigenvalue weighted by Gasteiger charge is 2.19. The SMILES string of the molecule is CCCCCCCC(O)O.OC1CCC(O)CC1.OC1CCCC(O)C1.OC1CCCCC1O.OCCCCCCCCCCCCO.OCCCCCCCCCCO. The first kappa shape index (κ1) is 63.8. The molecule has 3 rings (SSSR count). The molecule has 0 spiro atoms. The molecule has 3 aliphatic rings. The standard InChI is InChI=1S/C12H26O2.C10H22O2.C8H18O2.3C6H12O2/c13-11-9-7-5-3-1-2-4-6-8-10-12-14;11-9-7-5-3-1-2-4-6-8-10-12;1-2-3-4-5-6-7-8(9)10;7-5-1-2-6(8)4-3-5;7-5-2-1-3-6(8)4-5;7-5-3-1-2-4-6(5)8/h13-14H,1-12H2;11-12H,1-10H2;8-10H,2-7H2,1H3;3*5-8H,1-4H2. The first-order valence-corrected chi connectivity index (χ1v) is 24.9.